The molecule has 3 unspecified atom stereocenters. The highest BCUT2D eigenvalue weighted by atomic mass is 16.9. The molecule has 0 bridgehead atoms. The van der Waals surface area contributed by atoms with Gasteiger partial charge in [-0.2, -0.15) is 0 Å². The van der Waals surface area contributed by atoms with Crippen LogP contribution in [-0.4, -0.2) is 63.9 Å². The van der Waals surface area contributed by atoms with Crippen molar-refractivity contribution in [2.45, 2.75) is 77.5 Å². The summed E-state index contributed by atoms with van der Waals surface area (Å²) < 4.78 is 35.6. The Hall–Kier alpha value is -0.240. The van der Waals surface area contributed by atoms with Crippen molar-refractivity contribution in [3.8, 4) is 0 Å². The zero-order valence-electron chi connectivity index (χ0n) is 17.1. The molecule has 0 aromatic rings. The van der Waals surface area contributed by atoms with Crippen LogP contribution in [0, 0.1) is 5.92 Å². The van der Waals surface area contributed by atoms with Crippen LogP contribution >= 0.6 is 0 Å². The molecule has 2 fully saturated rings. The number of hydrogen-bond acceptors (Lipinski definition) is 6. The van der Waals surface area contributed by atoms with Gasteiger partial charge in [0.15, 0.2) is 0 Å². The topological polar surface area (TPSA) is 58.7 Å². The van der Waals surface area contributed by atoms with Crippen LogP contribution in [0.3, 0.4) is 0 Å². The normalized spacial score (nSPS) is 28.8. The predicted octanol–water partition coefficient (Wildman–Crippen LogP) is 3.52. The summed E-state index contributed by atoms with van der Waals surface area (Å²) in [4.78, 5) is 0. The van der Waals surface area contributed by atoms with Gasteiger partial charge in [-0.05, 0) is 52.9 Å². The molecule has 0 aliphatic carbocycles. The molecular weight excluding hydrogens is 336 g/mol. The van der Waals surface area contributed by atoms with E-state index in [9.17, 15) is 0 Å². The minimum Gasteiger partial charge on any atom is -0.381 e. The van der Waals surface area contributed by atoms with Gasteiger partial charge in [-0.15, -0.1) is 0 Å². The molecule has 154 valence electrons. The van der Waals surface area contributed by atoms with E-state index in [0.717, 1.165) is 45.3 Å². The standard InChI is InChI=1S/C20H38O6/c1-5-17(18-16-22-18)15-21-13-9-11-19(23-6-2)12-10-14-26-20(19,24-7-3)25-8-4/h17-18H,5-16H2,1-4H3. The first-order chi connectivity index (χ1) is 12.7. The minimum absolute atomic E-state index is 0.407. The Labute approximate surface area is 158 Å². The van der Waals surface area contributed by atoms with Crippen LogP contribution in [0.4, 0.5) is 0 Å². The molecule has 2 rings (SSSR count). The number of epoxide rings is 1. The van der Waals surface area contributed by atoms with E-state index in [4.69, 9.17) is 28.4 Å². The third-order valence-corrected chi connectivity index (χ3v) is 5.27. The maximum absolute atomic E-state index is 6.24. The molecule has 26 heavy (non-hydrogen) atoms. The van der Waals surface area contributed by atoms with Gasteiger partial charge >= 0.3 is 5.97 Å². The van der Waals surface area contributed by atoms with Crippen molar-refractivity contribution >= 4 is 0 Å². The lowest BCUT2D eigenvalue weighted by Gasteiger charge is -2.50. The molecule has 0 radical (unpaired) electrons. The van der Waals surface area contributed by atoms with Crippen molar-refractivity contribution in [1.29, 1.82) is 0 Å². The molecule has 2 aliphatic heterocycles. The Morgan fingerprint density at radius 2 is 1.73 bits per heavy atom. The Balaban J connectivity index is 1.92. The predicted molar refractivity (Wildman–Crippen MR) is 99.1 cm³/mol. The van der Waals surface area contributed by atoms with Crippen molar-refractivity contribution in [1.82, 2.24) is 0 Å². The highest BCUT2D eigenvalue weighted by Crippen LogP contribution is 2.43. The monoisotopic (exact) mass is 374 g/mol. The van der Waals surface area contributed by atoms with Crippen LogP contribution in [-0.2, 0) is 28.4 Å². The first-order valence-electron chi connectivity index (χ1n) is 10.4. The maximum Gasteiger partial charge on any atom is 0.313 e. The Kier molecular flexibility index (Phi) is 9.27. The fourth-order valence-electron chi connectivity index (χ4n) is 3.91. The van der Waals surface area contributed by atoms with E-state index in [2.05, 4.69) is 6.92 Å². The second-order valence-corrected chi connectivity index (χ2v) is 7.02. The number of rotatable bonds is 14. The van der Waals surface area contributed by atoms with Crippen molar-refractivity contribution in [3.63, 3.8) is 0 Å². The molecular formula is C20H38O6. The van der Waals surface area contributed by atoms with Crippen LogP contribution in [0.1, 0.15) is 59.8 Å². The van der Waals surface area contributed by atoms with Crippen molar-refractivity contribution in [2.75, 3.05) is 46.2 Å². The lowest BCUT2D eigenvalue weighted by Crippen LogP contribution is -2.63. The lowest BCUT2D eigenvalue weighted by atomic mass is 9.87. The van der Waals surface area contributed by atoms with E-state index < -0.39 is 11.6 Å². The molecule has 0 saturated carbocycles. The molecule has 0 aromatic carbocycles. The summed E-state index contributed by atoms with van der Waals surface area (Å²) in [5.41, 5.74) is -0.584. The van der Waals surface area contributed by atoms with Crippen LogP contribution in [0.5, 0.6) is 0 Å². The van der Waals surface area contributed by atoms with Gasteiger partial charge < -0.3 is 28.4 Å². The molecule has 6 nitrogen and oxygen atoms in total. The molecule has 2 aliphatic rings. The summed E-state index contributed by atoms with van der Waals surface area (Å²) in [6, 6.07) is 0. The molecule has 6 heteroatoms. The lowest BCUT2D eigenvalue weighted by molar-refractivity contribution is -0.459. The second kappa shape index (κ2) is 10.9. The minimum atomic E-state index is -1.11. The summed E-state index contributed by atoms with van der Waals surface area (Å²) in [5.74, 6) is -0.599. The smallest absolute Gasteiger partial charge is 0.313 e. The largest absolute Gasteiger partial charge is 0.381 e. The van der Waals surface area contributed by atoms with Crippen molar-refractivity contribution in [3.05, 3.63) is 0 Å². The van der Waals surface area contributed by atoms with Crippen LogP contribution in [0.15, 0.2) is 0 Å². The molecule has 0 N–H and O–H groups in total. The van der Waals surface area contributed by atoms with E-state index in [1.807, 2.05) is 20.8 Å². The van der Waals surface area contributed by atoms with Gasteiger partial charge in [0.25, 0.3) is 0 Å². The van der Waals surface area contributed by atoms with Gasteiger partial charge in [0.05, 0.1) is 25.9 Å². The first-order valence-corrected chi connectivity index (χ1v) is 10.4. The number of ether oxygens (including phenoxy) is 6. The zero-order valence-corrected chi connectivity index (χ0v) is 17.1. The zero-order chi connectivity index (χ0) is 18.9. The summed E-state index contributed by atoms with van der Waals surface area (Å²) in [6.07, 6.45) is 4.99. The van der Waals surface area contributed by atoms with Gasteiger partial charge in [0.1, 0.15) is 5.60 Å². The van der Waals surface area contributed by atoms with Crippen molar-refractivity contribution < 1.29 is 28.4 Å². The average Bonchev–Trinajstić information content (AvgIpc) is 3.46. The van der Waals surface area contributed by atoms with Crippen LogP contribution < -0.4 is 0 Å². The quantitative estimate of drug-likeness (QED) is 0.263. The van der Waals surface area contributed by atoms with Crippen LogP contribution in [0.2, 0.25) is 0 Å². The molecule has 2 saturated heterocycles. The van der Waals surface area contributed by atoms with Gasteiger partial charge in [-0.3, -0.25) is 0 Å². The Bertz CT molecular complexity index is 371. The molecule has 0 amide bonds. The van der Waals surface area contributed by atoms with Crippen LogP contribution in [0.25, 0.3) is 0 Å². The molecule has 0 spiro atoms. The van der Waals surface area contributed by atoms with E-state index in [-0.39, 0.29) is 0 Å². The number of hydrogen-bond donors (Lipinski definition) is 0. The highest BCUT2D eigenvalue weighted by Gasteiger charge is 2.57. The summed E-state index contributed by atoms with van der Waals surface area (Å²) >= 11 is 0. The summed E-state index contributed by atoms with van der Waals surface area (Å²) in [5, 5.41) is 0. The first kappa shape index (κ1) is 22.1. The van der Waals surface area contributed by atoms with Gasteiger partial charge in [0.2, 0.25) is 0 Å². The Morgan fingerprint density at radius 3 is 2.31 bits per heavy atom. The molecule has 0 aromatic heterocycles. The summed E-state index contributed by atoms with van der Waals surface area (Å²) in [6.45, 7) is 12.7. The Morgan fingerprint density at radius 1 is 1.04 bits per heavy atom. The highest BCUT2D eigenvalue weighted by molar-refractivity contribution is 4.94. The molecule has 3 atom stereocenters. The fourth-order valence-corrected chi connectivity index (χ4v) is 3.91. The van der Waals surface area contributed by atoms with E-state index >= 15 is 0 Å². The van der Waals surface area contributed by atoms with Crippen molar-refractivity contribution in [2.24, 2.45) is 5.92 Å². The van der Waals surface area contributed by atoms with Gasteiger partial charge in [0, 0.05) is 32.3 Å². The maximum atomic E-state index is 6.24. The van der Waals surface area contributed by atoms with E-state index in [1.54, 1.807) is 0 Å². The van der Waals surface area contributed by atoms with E-state index in [0.29, 0.717) is 45.1 Å². The second-order valence-electron chi connectivity index (χ2n) is 7.02. The third-order valence-electron chi connectivity index (χ3n) is 5.27. The SMILES string of the molecule is CCOC1(CCCOCC(CC)C2CO2)CCCOC1(OCC)OCC. The van der Waals surface area contributed by atoms with Gasteiger partial charge in [-0.25, -0.2) is 0 Å². The van der Waals surface area contributed by atoms with Gasteiger partial charge in [-0.1, -0.05) is 6.92 Å². The third kappa shape index (κ3) is 5.40. The fraction of sp³-hybridized carbons (Fsp3) is 1.00. The summed E-state index contributed by atoms with van der Waals surface area (Å²) in [7, 11) is 0. The average molecular weight is 375 g/mol. The molecule has 2 heterocycles. The van der Waals surface area contributed by atoms with E-state index in [1.165, 1.54) is 0 Å².